The van der Waals surface area contributed by atoms with Crippen LogP contribution in [0.5, 0.6) is 0 Å². The van der Waals surface area contributed by atoms with Gasteiger partial charge in [0.25, 0.3) is 0 Å². The van der Waals surface area contributed by atoms with Crippen LogP contribution in [0.4, 0.5) is 0 Å². The van der Waals surface area contributed by atoms with E-state index in [0.29, 0.717) is 0 Å². The zero-order valence-electron chi connectivity index (χ0n) is 7.68. The Hall–Kier alpha value is -0.980. The van der Waals surface area contributed by atoms with E-state index in [1.165, 1.54) is 3.57 Å². The van der Waals surface area contributed by atoms with E-state index in [2.05, 4.69) is 44.2 Å². The van der Waals surface area contributed by atoms with Crippen LogP contribution in [0.15, 0.2) is 24.3 Å². The van der Waals surface area contributed by atoms with Crippen LogP contribution in [0, 0.1) is 3.57 Å². The van der Waals surface area contributed by atoms with E-state index in [9.17, 15) is 0 Å². The highest BCUT2D eigenvalue weighted by Gasteiger charge is 2.05. The van der Waals surface area contributed by atoms with Crippen LogP contribution in [-0.2, 0) is 6.42 Å². The molecule has 0 unspecified atom stereocenters. The molecule has 0 saturated carbocycles. The maximum Gasteiger partial charge on any atom is 0.156 e. The summed E-state index contributed by atoms with van der Waals surface area (Å²) < 4.78 is 2.94. The summed E-state index contributed by atoms with van der Waals surface area (Å²) >= 11 is 2.27. The first-order valence-corrected chi connectivity index (χ1v) is 5.42. The van der Waals surface area contributed by atoms with Crippen molar-refractivity contribution in [3.63, 3.8) is 0 Å². The molecule has 72 valence electrons. The van der Waals surface area contributed by atoms with Crippen molar-refractivity contribution < 1.29 is 0 Å². The third-order valence-corrected chi connectivity index (χ3v) is 2.57. The molecule has 14 heavy (non-hydrogen) atoms. The standard InChI is InChI=1S/C9H9IN4/c1-2-9-11-12-13-14(9)8-5-3-4-7(10)6-8/h3-6H,2H2,1H3. The number of aromatic nitrogens is 4. The van der Waals surface area contributed by atoms with Gasteiger partial charge in [-0.3, -0.25) is 0 Å². The third kappa shape index (κ3) is 1.77. The fourth-order valence-electron chi connectivity index (χ4n) is 1.23. The van der Waals surface area contributed by atoms with Gasteiger partial charge in [0.05, 0.1) is 5.69 Å². The summed E-state index contributed by atoms with van der Waals surface area (Å²) in [5, 5.41) is 11.6. The van der Waals surface area contributed by atoms with Gasteiger partial charge in [0, 0.05) is 9.99 Å². The zero-order chi connectivity index (χ0) is 9.97. The fourth-order valence-corrected chi connectivity index (χ4v) is 1.76. The van der Waals surface area contributed by atoms with Crippen molar-refractivity contribution in [2.75, 3.05) is 0 Å². The average molecular weight is 300 g/mol. The van der Waals surface area contributed by atoms with Crippen molar-refractivity contribution in [3.8, 4) is 5.69 Å². The summed E-state index contributed by atoms with van der Waals surface area (Å²) in [6.07, 6.45) is 0.832. The summed E-state index contributed by atoms with van der Waals surface area (Å²) in [7, 11) is 0. The van der Waals surface area contributed by atoms with Gasteiger partial charge in [-0.05, 0) is 51.2 Å². The number of tetrazole rings is 1. The lowest BCUT2D eigenvalue weighted by atomic mass is 10.3. The topological polar surface area (TPSA) is 43.6 Å². The van der Waals surface area contributed by atoms with E-state index in [0.717, 1.165) is 17.9 Å². The van der Waals surface area contributed by atoms with E-state index in [-0.39, 0.29) is 0 Å². The van der Waals surface area contributed by atoms with E-state index >= 15 is 0 Å². The number of hydrogen-bond acceptors (Lipinski definition) is 3. The molecule has 0 spiro atoms. The van der Waals surface area contributed by atoms with Crippen LogP contribution in [0.2, 0.25) is 0 Å². The Morgan fingerprint density at radius 1 is 1.43 bits per heavy atom. The number of benzene rings is 1. The van der Waals surface area contributed by atoms with Crippen LogP contribution >= 0.6 is 22.6 Å². The predicted molar refractivity (Wildman–Crippen MR) is 61.2 cm³/mol. The molecule has 0 fully saturated rings. The molecule has 0 amide bonds. The molecule has 4 nitrogen and oxygen atoms in total. The van der Waals surface area contributed by atoms with Crippen LogP contribution in [-0.4, -0.2) is 20.2 Å². The van der Waals surface area contributed by atoms with Gasteiger partial charge in [0.2, 0.25) is 0 Å². The molecule has 0 aliphatic heterocycles. The molecule has 0 aliphatic rings. The van der Waals surface area contributed by atoms with Gasteiger partial charge in [-0.15, -0.1) is 5.10 Å². The Morgan fingerprint density at radius 2 is 2.29 bits per heavy atom. The lowest BCUT2D eigenvalue weighted by molar-refractivity contribution is 0.766. The predicted octanol–water partition coefficient (Wildman–Crippen LogP) is 1.83. The van der Waals surface area contributed by atoms with Gasteiger partial charge in [0.1, 0.15) is 0 Å². The van der Waals surface area contributed by atoms with Crippen LogP contribution in [0.25, 0.3) is 5.69 Å². The van der Waals surface area contributed by atoms with E-state index in [4.69, 9.17) is 0 Å². The molecule has 0 atom stereocenters. The summed E-state index contributed by atoms with van der Waals surface area (Å²) in [6, 6.07) is 8.09. The van der Waals surface area contributed by atoms with Crippen LogP contribution in [0.3, 0.4) is 0 Å². The quantitative estimate of drug-likeness (QED) is 0.795. The first-order valence-electron chi connectivity index (χ1n) is 4.34. The second-order valence-electron chi connectivity index (χ2n) is 2.84. The van der Waals surface area contributed by atoms with Crippen LogP contribution in [0.1, 0.15) is 12.7 Å². The molecule has 2 rings (SSSR count). The van der Waals surface area contributed by atoms with Crippen molar-refractivity contribution in [2.24, 2.45) is 0 Å². The minimum atomic E-state index is 0.832. The molecule has 0 aliphatic carbocycles. The number of rotatable bonds is 2. The van der Waals surface area contributed by atoms with Gasteiger partial charge in [-0.25, -0.2) is 0 Å². The molecule has 5 heteroatoms. The SMILES string of the molecule is CCc1nnnn1-c1cccc(I)c1. The maximum atomic E-state index is 3.95. The first-order chi connectivity index (χ1) is 6.81. The lowest BCUT2D eigenvalue weighted by Gasteiger charge is -2.02. The smallest absolute Gasteiger partial charge is 0.156 e. The van der Waals surface area contributed by atoms with Gasteiger partial charge in [0.15, 0.2) is 5.82 Å². The summed E-state index contributed by atoms with van der Waals surface area (Å²) in [6.45, 7) is 2.04. The Balaban J connectivity index is 2.49. The summed E-state index contributed by atoms with van der Waals surface area (Å²) in [5.74, 6) is 0.881. The minimum Gasteiger partial charge on any atom is -0.197 e. The molecule has 0 bridgehead atoms. The number of nitrogens with zero attached hydrogens (tertiary/aromatic N) is 4. The summed E-state index contributed by atoms with van der Waals surface area (Å²) in [5.41, 5.74) is 1.01. The van der Waals surface area contributed by atoms with Crippen molar-refractivity contribution in [1.29, 1.82) is 0 Å². The molecular weight excluding hydrogens is 291 g/mol. The second-order valence-corrected chi connectivity index (χ2v) is 4.09. The van der Waals surface area contributed by atoms with Gasteiger partial charge < -0.3 is 0 Å². The molecule has 0 saturated heterocycles. The molecule has 0 radical (unpaired) electrons. The Bertz CT molecular complexity index is 438. The summed E-state index contributed by atoms with van der Waals surface area (Å²) in [4.78, 5) is 0. The minimum absolute atomic E-state index is 0.832. The number of hydrogen-bond donors (Lipinski definition) is 0. The average Bonchev–Trinajstić information content (AvgIpc) is 2.65. The Labute approximate surface area is 95.5 Å². The van der Waals surface area contributed by atoms with Gasteiger partial charge >= 0.3 is 0 Å². The van der Waals surface area contributed by atoms with E-state index in [1.54, 1.807) is 4.68 Å². The number of halogens is 1. The molecular formula is C9H9IN4. The van der Waals surface area contributed by atoms with Gasteiger partial charge in [-0.1, -0.05) is 13.0 Å². The lowest BCUT2D eigenvalue weighted by Crippen LogP contribution is -2.02. The molecule has 1 aromatic carbocycles. The fraction of sp³-hybridized carbons (Fsp3) is 0.222. The number of aryl methyl sites for hydroxylation is 1. The van der Waals surface area contributed by atoms with E-state index < -0.39 is 0 Å². The zero-order valence-corrected chi connectivity index (χ0v) is 9.84. The Morgan fingerprint density at radius 3 is 3.00 bits per heavy atom. The second kappa shape index (κ2) is 4.04. The third-order valence-electron chi connectivity index (χ3n) is 1.90. The van der Waals surface area contributed by atoms with Crippen molar-refractivity contribution in [3.05, 3.63) is 33.7 Å². The molecule has 0 N–H and O–H groups in total. The highest BCUT2D eigenvalue weighted by molar-refractivity contribution is 14.1. The monoisotopic (exact) mass is 300 g/mol. The van der Waals surface area contributed by atoms with E-state index in [1.807, 2.05) is 25.1 Å². The molecule has 1 aromatic heterocycles. The molecule has 2 aromatic rings. The normalized spacial score (nSPS) is 10.4. The largest absolute Gasteiger partial charge is 0.197 e. The maximum absolute atomic E-state index is 3.95. The molecule has 1 heterocycles. The Kier molecular flexibility index (Phi) is 2.76. The van der Waals surface area contributed by atoms with Crippen LogP contribution < -0.4 is 0 Å². The first kappa shape index (κ1) is 9.57. The van der Waals surface area contributed by atoms with Crippen molar-refractivity contribution in [2.45, 2.75) is 13.3 Å². The van der Waals surface area contributed by atoms with Crippen molar-refractivity contribution in [1.82, 2.24) is 20.2 Å². The highest BCUT2D eigenvalue weighted by Crippen LogP contribution is 2.12. The highest BCUT2D eigenvalue weighted by atomic mass is 127. The van der Waals surface area contributed by atoms with Gasteiger partial charge in [-0.2, -0.15) is 4.68 Å². The van der Waals surface area contributed by atoms with Crippen molar-refractivity contribution >= 4 is 22.6 Å².